The van der Waals surface area contributed by atoms with Gasteiger partial charge in [-0.2, -0.15) is 0 Å². The molecular formula is C17H29NO3. The molecule has 1 rings (SSSR count). The van der Waals surface area contributed by atoms with Crippen molar-refractivity contribution in [3.8, 4) is 11.5 Å². The van der Waals surface area contributed by atoms with Gasteiger partial charge in [-0.05, 0) is 49.9 Å². The van der Waals surface area contributed by atoms with Gasteiger partial charge in [0.1, 0.15) is 0 Å². The van der Waals surface area contributed by atoms with Crippen LogP contribution < -0.4 is 14.8 Å². The average Bonchev–Trinajstić information content (AvgIpc) is 2.45. The fourth-order valence-corrected chi connectivity index (χ4v) is 1.95. The van der Waals surface area contributed by atoms with Crippen molar-refractivity contribution in [1.29, 1.82) is 0 Å². The van der Waals surface area contributed by atoms with E-state index in [1.54, 1.807) is 0 Å². The summed E-state index contributed by atoms with van der Waals surface area (Å²) in [6.45, 7) is 9.64. The van der Waals surface area contributed by atoms with Crippen molar-refractivity contribution < 1.29 is 14.6 Å². The van der Waals surface area contributed by atoms with Crippen LogP contribution in [0.4, 0.5) is 0 Å². The molecule has 0 radical (unpaired) electrons. The fraction of sp³-hybridized carbons (Fsp3) is 0.647. The highest BCUT2D eigenvalue weighted by molar-refractivity contribution is 5.43. The lowest BCUT2D eigenvalue weighted by Crippen LogP contribution is -2.19. The lowest BCUT2D eigenvalue weighted by molar-refractivity contribution is 0.243. The van der Waals surface area contributed by atoms with Crippen molar-refractivity contribution in [3.05, 3.63) is 23.8 Å². The highest BCUT2D eigenvalue weighted by Gasteiger charge is 2.06. The van der Waals surface area contributed by atoms with Crippen LogP contribution in [-0.4, -0.2) is 31.5 Å². The quantitative estimate of drug-likeness (QED) is 0.616. The zero-order valence-electron chi connectivity index (χ0n) is 13.5. The maximum Gasteiger partial charge on any atom is 0.161 e. The normalized spacial score (nSPS) is 10.9. The van der Waals surface area contributed by atoms with Crippen LogP contribution in [0.5, 0.6) is 11.5 Å². The van der Waals surface area contributed by atoms with Crippen molar-refractivity contribution in [2.75, 3.05) is 26.4 Å². The minimum atomic E-state index is 0.210. The standard InChI is InChI=1S/C17H29NO3/c1-4-20-17-11-15(13-18-12-14(2)3)7-8-16(17)21-10-6-5-9-19/h7-8,11,14,18-19H,4-6,9-10,12-13H2,1-3H3. The smallest absolute Gasteiger partial charge is 0.161 e. The Morgan fingerprint density at radius 3 is 2.62 bits per heavy atom. The molecular weight excluding hydrogens is 266 g/mol. The van der Waals surface area contributed by atoms with Crippen molar-refractivity contribution in [2.24, 2.45) is 5.92 Å². The molecule has 0 aliphatic rings. The van der Waals surface area contributed by atoms with Crippen LogP contribution in [0, 0.1) is 5.92 Å². The summed E-state index contributed by atoms with van der Waals surface area (Å²) in [5.41, 5.74) is 1.20. The molecule has 120 valence electrons. The monoisotopic (exact) mass is 295 g/mol. The van der Waals surface area contributed by atoms with Crippen LogP contribution in [0.1, 0.15) is 39.2 Å². The number of benzene rings is 1. The molecule has 0 aromatic heterocycles. The molecule has 4 nitrogen and oxygen atoms in total. The summed E-state index contributed by atoms with van der Waals surface area (Å²) in [7, 11) is 0. The Morgan fingerprint density at radius 1 is 1.14 bits per heavy atom. The van der Waals surface area contributed by atoms with E-state index in [1.807, 2.05) is 19.1 Å². The topological polar surface area (TPSA) is 50.7 Å². The van der Waals surface area contributed by atoms with Crippen molar-refractivity contribution in [1.82, 2.24) is 5.32 Å². The second-order valence-electron chi connectivity index (χ2n) is 5.52. The Balaban J connectivity index is 2.58. The van der Waals surface area contributed by atoms with Gasteiger partial charge in [0.15, 0.2) is 11.5 Å². The number of rotatable bonds is 11. The lowest BCUT2D eigenvalue weighted by Gasteiger charge is -2.14. The Hall–Kier alpha value is -1.26. The van der Waals surface area contributed by atoms with Gasteiger partial charge in [-0.15, -0.1) is 0 Å². The molecule has 0 heterocycles. The molecule has 0 atom stereocenters. The SMILES string of the molecule is CCOc1cc(CNCC(C)C)ccc1OCCCCO. The van der Waals surface area contributed by atoms with Gasteiger partial charge in [0, 0.05) is 13.2 Å². The van der Waals surface area contributed by atoms with Crippen LogP contribution >= 0.6 is 0 Å². The molecule has 0 bridgehead atoms. The first-order valence-corrected chi connectivity index (χ1v) is 7.87. The van der Waals surface area contributed by atoms with Crippen LogP contribution in [0.25, 0.3) is 0 Å². The van der Waals surface area contributed by atoms with Gasteiger partial charge in [0.05, 0.1) is 13.2 Å². The molecule has 0 saturated carbocycles. The molecule has 0 saturated heterocycles. The second-order valence-corrected chi connectivity index (χ2v) is 5.52. The minimum absolute atomic E-state index is 0.210. The predicted octanol–water partition coefficient (Wildman–Crippen LogP) is 2.98. The first-order chi connectivity index (χ1) is 10.2. The Morgan fingerprint density at radius 2 is 1.95 bits per heavy atom. The van der Waals surface area contributed by atoms with Gasteiger partial charge in [-0.1, -0.05) is 19.9 Å². The highest BCUT2D eigenvalue weighted by atomic mass is 16.5. The Kier molecular flexibility index (Phi) is 8.87. The van der Waals surface area contributed by atoms with Gasteiger partial charge in [0.25, 0.3) is 0 Å². The molecule has 0 amide bonds. The van der Waals surface area contributed by atoms with E-state index in [1.165, 1.54) is 5.56 Å². The summed E-state index contributed by atoms with van der Waals surface area (Å²) in [4.78, 5) is 0. The number of aliphatic hydroxyl groups excluding tert-OH is 1. The maximum atomic E-state index is 8.77. The number of ether oxygens (including phenoxy) is 2. The molecule has 21 heavy (non-hydrogen) atoms. The summed E-state index contributed by atoms with van der Waals surface area (Å²) >= 11 is 0. The van der Waals surface area contributed by atoms with Crippen LogP contribution in [0.2, 0.25) is 0 Å². The number of hydrogen-bond acceptors (Lipinski definition) is 4. The van der Waals surface area contributed by atoms with Gasteiger partial charge in [0.2, 0.25) is 0 Å². The van der Waals surface area contributed by atoms with Crippen molar-refractivity contribution in [2.45, 2.75) is 40.2 Å². The molecule has 4 heteroatoms. The van der Waals surface area contributed by atoms with E-state index in [0.717, 1.165) is 37.4 Å². The second kappa shape index (κ2) is 10.5. The largest absolute Gasteiger partial charge is 0.490 e. The van der Waals surface area contributed by atoms with E-state index in [2.05, 4.69) is 25.2 Å². The molecule has 0 aliphatic carbocycles. The number of aliphatic hydroxyl groups is 1. The summed E-state index contributed by atoms with van der Waals surface area (Å²) in [6.07, 6.45) is 1.61. The third kappa shape index (κ3) is 7.34. The molecule has 2 N–H and O–H groups in total. The predicted molar refractivity (Wildman–Crippen MR) is 86.0 cm³/mol. The zero-order valence-corrected chi connectivity index (χ0v) is 13.5. The van der Waals surface area contributed by atoms with E-state index in [4.69, 9.17) is 14.6 Å². The van der Waals surface area contributed by atoms with E-state index in [-0.39, 0.29) is 6.61 Å². The maximum absolute atomic E-state index is 8.77. The summed E-state index contributed by atoms with van der Waals surface area (Å²) in [5, 5.41) is 12.2. The minimum Gasteiger partial charge on any atom is -0.490 e. The van der Waals surface area contributed by atoms with Crippen LogP contribution in [0.3, 0.4) is 0 Å². The summed E-state index contributed by atoms with van der Waals surface area (Å²) in [6, 6.07) is 6.08. The number of nitrogens with one attached hydrogen (secondary N) is 1. The van der Waals surface area contributed by atoms with Crippen molar-refractivity contribution in [3.63, 3.8) is 0 Å². The van der Waals surface area contributed by atoms with Crippen LogP contribution in [0.15, 0.2) is 18.2 Å². The Labute approximate surface area is 128 Å². The third-order valence-electron chi connectivity index (χ3n) is 3.00. The summed E-state index contributed by atoms with van der Waals surface area (Å²) < 4.78 is 11.4. The molecule has 0 fully saturated rings. The molecule has 0 spiro atoms. The van der Waals surface area contributed by atoms with Gasteiger partial charge < -0.3 is 19.9 Å². The van der Waals surface area contributed by atoms with Gasteiger partial charge >= 0.3 is 0 Å². The van der Waals surface area contributed by atoms with E-state index < -0.39 is 0 Å². The first-order valence-electron chi connectivity index (χ1n) is 7.87. The third-order valence-corrected chi connectivity index (χ3v) is 3.00. The Bertz CT molecular complexity index is 394. The number of hydrogen-bond donors (Lipinski definition) is 2. The molecule has 0 aliphatic heterocycles. The average molecular weight is 295 g/mol. The summed E-state index contributed by atoms with van der Waals surface area (Å²) in [5.74, 6) is 2.22. The first kappa shape index (κ1) is 17.8. The molecule has 1 aromatic carbocycles. The van der Waals surface area contributed by atoms with E-state index >= 15 is 0 Å². The molecule has 1 aromatic rings. The lowest BCUT2D eigenvalue weighted by atomic mass is 10.2. The van der Waals surface area contributed by atoms with Crippen molar-refractivity contribution >= 4 is 0 Å². The van der Waals surface area contributed by atoms with Crippen LogP contribution in [-0.2, 0) is 6.54 Å². The zero-order chi connectivity index (χ0) is 15.5. The highest BCUT2D eigenvalue weighted by Crippen LogP contribution is 2.28. The fourth-order valence-electron chi connectivity index (χ4n) is 1.95. The van der Waals surface area contributed by atoms with Gasteiger partial charge in [-0.25, -0.2) is 0 Å². The van der Waals surface area contributed by atoms with Gasteiger partial charge in [-0.3, -0.25) is 0 Å². The number of unbranched alkanes of at least 4 members (excludes halogenated alkanes) is 1. The van der Waals surface area contributed by atoms with E-state index in [0.29, 0.717) is 19.1 Å². The molecule has 0 unspecified atom stereocenters. The van der Waals surface area contributed by atoms with E-state index in [9.17, 15) is 0 Å².